The smallest absolute Gasteiger partial charge is 0.191 e. The van der Waals surface area contributed by atoms with Gasteiger partial charge in [0.05, 0.1) is 6.33 Å². The van der Waals surface area contributed by atoms with Crippen molar-refractivity contribution < 1.29 is 4.74 Å². The van der Waals surface area contributed by atoms with E-state index in [9.17, 15) is 0 Å². The quantitative estimate of drug-likeness (QED) is 0.415. The minimum absolute atomic E-state index is 0.372. The number of imidazole rings is 1. The fourth-order valence-electron chi connectivity index (χ4n) is 3.29. The van der Waals surface area contributed by atoms with Gasteiger partial charge < -0.3 is 19.9 Å². The molecule has 6 heteroatoms. The van der Waals surface area contributed by atoms with E-state index in [2.05, 4.69) is 32.1 Å². The minimum Gasteiger partial charge on any atom is -0.382 e. The van der Waals surface area contributed by atoms with Crippen LogP contribution in [0.25, 0.3) is 0 Å². The third-order valence-corrected chi connectivity index (χ3v) is 4.72. The SMILES string of the molecule is CCOCCC1(CNC(=NC)NCCn2ccnc2)CCCC1. The molecule has 1 aliphatic carbocycles. The number of aromatic nitrogens is 2. The Morgan fingerprint density at radius 3 is 2.83 bits per heavy atom. The summed E-state index contributed by atoms with van der Waals surface area (Å²) in [6, 6.07) is 0. The zero-order valence-corrected chi connectivity index (χ0v) is 14.6. The molecule has 0 bridgehead atoms. The van der Waals surface area contributed by atoms with Crippen molar-refractivity contribution in [1.29, 1.82) is 0 Å². The Balaban J connectivity index is 1.73. The molecule has 23 heavy (non-hydrogen) atoms. The van der Waals surface area contributed by atoms with Crippen molar-refractivity contribution >= 4 is 5.96 Å². The van der Waals surface area contributed by atoms with E-state index in [1.807, 2.05) is 19.6 Å². The molecule has 1 fully saturated rings. The minimum atomic E-state index is 0.372. The standard InChI is InChI=1S/C17H31N5O/c1-3-23-13-8-17(6-4-5-7-17)14-21-16(18-2)20-10-12-22-11-9-19-15-22/h9,11,15H,3-8,10,12-14H2,1-2H3,(H2,18,20,21). The van der Waals surface area contributed by atoms with E-state index in [0.717, 1.165) is 45.2 Å². The highest BCUT2D eigenvalue weighted by Crippen LogP contribution is 2.40. The highest BCUT2D eigenvalue weighted by Gasteiger charge is 2.33. The van der Waals surface area contributed by atoms with Gasteiger partial charge in [-0.1, -0.05) is 12.8 Å². The average molecular weight is 321 g/mol. The molecule has 1 aromatic heterocycles. The molecule has 2 N–H and O–H groups in total. The molecule has 1 heterocycles. The fraction of sp³-hybridized carbons (Fsp3) is 0.765. The van der Waals surface area contributed by atoms with Crippen LogP contribution in [-0.2, 0) is 11.3 Å². The topological polar surface area (TPSA) is 63.5 Å². The van der Waals surface area contributed by atoms with Crippen LogP contribution >= 0.6 is 0 Å². The number of nitrogens with zero attached hydrogens (tertiary/aromatic N) is 3. The van der Waals surface area contributed by atoms with Gasteiger partial charge >= 0.3 is 0 Å². The summed E-state index contributed by atoms with van der Waals surface area (Å²) >= 11 is 0. The van der Waals surface area contributed by atoms with Crippen LogP contribution in [0, 0.1) is 5.41 Å². The van der Waals surface area contributed by atoms with E-state index >= 15 is 0 Å². The summed E-state index contributed by atoms with van der Waals surface area (Å²) in [6.45, 7) is 6.43. The molecular formula is C17H31N5O. The molecule has 1 saturated carbocycles. The predicted molar refractivity (Wildman–Crippen MR) is 93.6 cm³/mol. The van der Waals surface area contributed by atoms with Crippen LogP contribution in [0.5, 0.6) is 0 Å². The second kappa shape index (κ2) is 9.55. The first-order valence-electron chi connectivity index (χ1n) is 8.76. The summed E-state index contributed by atoms with van der Waals surface area (Å²) in [5.74, 6) is 0.882. The van der Waals surface area contributed by atoms with Crippen molar-refractivity contribution in [2.24, 2.45) is 10.4 Å². The molecule has 2 rings (SSSR count). The lowest BCUT2D eigenvalue weighted by Crippen LogP contribution is -2.44. The van der Waals surface area contributed by atoms with Crippen LogP contribution in [-0.4, -0.2) is 48.9 Å². The first kappa shape index (κ1) is 17.8. The normalized spacial score (nSPS) is 17.4. The maximum Gasteiger partial charge on any atom is 0.191 e. The maximum absolute atomic E-state index is 5.58. The zero-order valence-electron chi connectivity index (χ0n) is 14.6. The first-order chi connectivity index (χ1) is 11.3. The molecule has 0 atom stereocenters. The van der Waals surface area contributed by atoms with Gasteiger partial charge in [-0.2, -0.15) is 0 Å². The molecule has 0 saturated heterocycles. The maximum atomic E-state index is 5.58. The van der Waals surface area contributed by atoms with Crippen LogP contribution in [0.4, 0.5) is 0 Å². The number of hydrogen-bond donors (Lipinski definition) is 2. The Kier molecular flexibility index (Phi) is 7.39. The lowest BCUT2D eigenvalue weighted by atomic mass is 9.83. The van der Waals surface area contributed by atoms with Gasteiger partial charge in [-0.05, 0) is 31.6 Å². The van der Waals surface area contributed by atoms with Crippen LogP contribution in [0.1, 0.15) is 39.0 Å². The summed E-state index contributed by atoms with van der Waals surface area (Å²) < 4.78 is 7.63. The Morgan fingerprint density at radius 2 is 2.17 bits per heavy atom. The zero-order chi connectivity index (χ0) is 16.4. The monoisotopic (exact) mass is 321 g/mol. The number of rotatable bonds is 9. The van der Waals surface area contributed by atoms with Gasteiger partial charge in [0.15, 0.2) is 5.96 Å². The fourth-order valence-corrected chi connectivity index (χ4v) is 3.29. The van der Waals surface area contributed by atoms with Crippen molar-refractivity contribution in [2.75, 3.05) is 33.4 Å². The molecule has 6 nitrogen and oxygen atoms in total. The molecule has 1 aliphatic rings. The predicted octanol–water partition coefficient (Wildman–Crippen LogP) is 2.04. The average Bonchev–Trinajstić information content (AvgIpc) is 3.23. The summed E-state index contributed by atoms with van der Waals surface area (Å²) in [5, 5.41) is 6.89. The first-order valence-corrected chi connectivity index (χ1v) is 8.76. The Morgan fingerprint density at radius 1 is 1.35 bits per heavy atom. The Hall–Kier alpha value is -1.56. The van der Waals surface area contributed by atoms with Crippen molar-refractivity contribution in [3.8, 4) is 0 Å². The van der Waals surface area contributed by atoms with Crippen LogP contribution in [0.3, 0.4) is 0 Å². The van der Waals surface area contributed by atoms with Crippen LogP contribution in [0.15, 0.2) is 23.7 Å². The Bertz CT molecular complexity index is 452. The highest BCUT2D eigenvalue weighted by molar-refractivity contribution is 5.79. The molecule has 1 aromatic rings. The van der Waals surface area contributed by atoms with Gasteiger partial charge in [0.2, 0.25) is 0 Å². The molecule has 0 amide bonds. The second-order valence-corrected chi connectivity index (χ2v) is 6.31. The summed E-state index contributed by atoms with van der Waals surface area (Å²) in [5.41, 5.74) is 0.372. The van der Waals surface area contributed by atoms with Crippen molar-refractivity contribution in [3.05, 3.63) is 18.7 Å². The van der Waals surface area contributed by atoms with Gasteiger partial charge in [0.1, 0.15) is 0 Å². The molecular weight excluding hydrogens is 290 g/mol. The number of ether oxygens (including phenoxy) is 1. The van der Waals surface area contributed by atoms with Crippen molar-refractivity contribution in [2.45, 2.75) is 45.6 Å². The second-order valence-electron chi connectivity index (χ2n) is 6.31. The third kappa shape index (κ3) is 5.86. The van der Waals surface area contributed by atoms with Gasteiger partial charge in [-0.15, -0.1) is 0 Å². The highest BCUT2D eigenvalue weighted by atomic mass is 16.5. The number of nitrogens with one attached hydrogen (secondary N) is 2. The molecule has 0 aromatic carbocycles. The van der Waals surface area contributed by atoms with E-state index in [4.69, 9.17) is 4.74 Å². The van der Waals surface area contributed by atoms with E-state index < -0.39 is 0 Å². The van der Waals surface area contributed by atoms with Crippen LogP contribution in [0.2, 0.25) is 0 Å². The van der Waals surface area contributed by atoms with Gasteiger partial charge in [0, 0.05) is 52.3 Å². The summed E-state index contributed by atoms with van der Waals surface area (Å²) in [7, 11) is 1.83. The molecule has 0 unspecified atom stereocenters. The van der Waals surface area contributed by atoms with Crippen molar-refractivity contribution in [1.82, 2.24) is 20.2 Å². The molecule has 0 radical (unpaired) electrons. The molecule has 0 aliphatic heterocycles. The lowest BCUT2D eigenvalue weighted by Gasteiger charge is -2.30. The third-order valence-electron chi connectivity index (χ3n) is 4.72. The van der Waals surface area contributed by atoms with Gasteiger partial charge in [-0.25, -0.2) is 4.98 Å². The number of aliphatic imine (C=N–C) groups is 1. The van der Waals surface area contributed by atoms with Crippen LogP contribution < -0.4 is 10.6 Å². The largest absolute Gasteiger partial charge is 0.382 e. The number of hydrogen-bond acceptors (Lipinski definition) is 3. The number of guanidine groups is 1. The van der Waals surface area contributed by atoms with E-state index in [1.54, 1.807) is 6.20 Å². The van der Waals surface area contributed by atoms with E-state index in [1.165, 1.54) is 25.7 Å². The van der Waals surface area contributed by atoms with E-state index in [0.29, 0.717) is 5.41 Å². The van der Waals surface area contributed by atoms with Gasteiger partial charge in [-0.3, -0.25) is 4.99 Å². The molecule has 130 valence electrons. The summed E-state index contributed by atoms with van der Waals surface area (Å²) in [4.78, 5) is 8.38. The molecule has 0 spiro atoms. The van der Waals surface area contributed by atoms with Crippen molar-refractivity contribution in [3.63, 3.8) is 0 Å². The lowest BCUT2D eigenvalue weighted by molar-refractivity contribution is 0.105. The summed E-state index contributed by atoms with van der Waals surface area (Å²) in [6.07, 6.45) is 12.0. The Labute approximate surface area is 139 Å². The van der Waals surface area contributed by atoms with E-state index in [-0.39, 0.29) is 0 Å². The van der Waals surface area contributed by atoms with Gasteiger partial charge in [0.25, 0.3) is 0 Å².